The molecule has 0 aliphatic carbocycles. The van der Waals surface area contributed by atoms with Crippen molar-refractivity contribution in [3.8, 4) is 0 Å². The van der Waals surface area contributed by atoms with Gasteiger partial charge in [0.2, 0.25) is 5.28 Å². The van der Waals surface area contributed by atoms with Crippen LogP contribution in [0.1, 0.15) is 27.4 Å². The third-order valence-electron chi connectivity index (χ3n) is 2.70. The second-order valence-electron chi connectivity index (χ2n) is 4.01. The number of hydrogen-bond acceptors (Lipinski definition) is 4. The van der Waals surface area contributed by atoms with E-state index in [9.17, 15) is 4.79 Å². The first kappa shape index (κ1) is 13.8. The molecule has 2 aromatic heterocycles. The van der Waals surface area contributed by atoms with Gasteiger partial charge in [-0.3, -0.25) is 4.79 Å². The molecule has 19 heavy (non-hydrogen) atoms. The van der Waals surface area contributed by atoms with Gasteiger partial charge in [0.05, 0.1) is 5.56 Å². The normalized spacial score (nSPS) is 10.6. The van der Waals surface area contributed by atoms with E-state index >= 15 is 0 Å². The van der Waals surface area contributed by atoms with E-state index in [1.54, 1.807) is 13.8 Å². The Kier molecular flexibility index (Phi) is 3.78. The molecule has 0 aliphatic rings. The Morgan fingerprint density at radius 3 is 2.42 bits per heavy atom. The van der Waals surface area contributed by atoms with Gasteiger partial charge in [0, 0.05) is 11.6 Å². The van der Waals surface area contributed by atoms with E-state index in [0.717, 1.165) is 5.56 Å². The van der Waals surface area contributed by atoms with Gasteiger partial charge in [-0.2, -0.15) is 0 Å². The molecule has 100 valence electrons. The molecular weight excluding hydrogens is 289 g/mol. The van der Waals surface area contributed by atoms with Crippen LogP contribution in [-0.2, 0) is 0 Å². The van der Waals surface area contributed by atoms with E-state index in [0.29, 0.717) is 17.1 Å². The molecule has 5 nitrogen and oxygen atoms in total. The van der Waals surface area contributed by atoms with Crippen molar-refractivity contribution in [3.63, 3.8) is 0 Å². The zero-order chi connectivity index (χ0) is 14.2. The average molecular weight is 300 g/mol. The van der Waals surface area contributed by atoms with E-state index in [2.05, 4.69) is 15.3 Å². The van der Waals surface area contributed by atoms with Crippen LogP contribution < -0.4 is 5.32 Å². The van der Waals surface area contributed by atoms with Crippen LogP contribution in [0.3, 0.4) is 0 Å². The Bertz CT molecular complexity index is 632. The summed E-state index contributed by atoms with van der Waals surface area (Å²) in [7, 11) is 0. The topological polar surface area (TPSA) is 68.0 Å². The molecule has 0 saturated heterocycles. The van der Waals surface area contributed by atoms with Crippen LogP contribution in [0.2, 0.25) is 10.4 Å². The number of hydrogen-bond donors (Lipinski definition) is 1. The highest BCUT2D eigenvalue weighted by Gasteiger charge is 2.19. The summed E-state index contributed by atoms with van der Waals surface area (Å²) < 4.78 is 5.41. The molecule has 7 heteroatoms. The maximum atomic E-state index is 12.2. The minimum atomic E-state index is -0.322. The van der Waals surface area contributed by atoms with Crippen LogP contribution in [0.5, 0.6) is 0 Å². The number of carbonyl (C=O) groups excluding carboxylic acids is 1. The van der Waals surface area contributed by atoms with Gasteiger partial charge in [0.15, 0.2) is 0 Å². The molecule has 0 atom stereocenters. The number of nitrogens with one attached hydrogen (secondary N) is 1. The Labute approximate surface area is 119 Å². The van der Waals surface area contributed by atoms with Crippen LogP contribution in [-0.4, -0.2) is 15.9 Å². The fourth-order valence-corrected chi connectivity index (χ4v) is 2.17. The molecule has 2 rings (SSSR count). The second kappa shape index (κ2) is 5.19. The summed E-state index contributed by atoms with van der Waals surface area (Å²) in [4.78, 5) is 19.8. The maximum absolute atomic E-state index is 12.2. The second-order valence-corrected chi connectivity index (χ2v) is 4.74. The highest BCUT2D eigenvalue weighted by atomic mass is 35.5. The van der Waals surface area contributed by atoms with E-state index < -0.39 is 0 Å². The zero-order valence-corrected chi connectivity index (χ0v) is 12.1. The number of nitrogens with zero attached hydrogens (tertiary/aromatic N) is 2. The summed E-state index contributed by atoms with van der Waals surface area (Å²) in [6, 6.07) is 1.42. The van der Waals surface area contributed by atoms with E-state index in [1.165, 1.54) is 6.07 Å². The molecule has 0 bridgehead atoms. The summed E-state index contributed by atoms with van der Waals surface area (Å²) in [5.41, 5.74) is 1.28. The number of halogens is 2. The lowest BCUT2D eigenvalue weighted by molar-refractivity contribution is 0.102. The van der Waals surface area contributed by atoms with Gasteiger partial charge in [-0.05, 0) is 32.4 Å². The number of rotatable bonds is 2. The largest absolute Gasteiger partial charge is 0.466 e. The number of aryl methyl sites for hydroxylation is 2. The van der Waals surface area contributed by atoms with Crippen LogP contribution in [0.25, 0.3) is 0 Å². The van der Waals surface area contributed by atoms with Crippen LogP contribution in [0.15, 0.2) is 10.5 Å². The van der Waals surface area contributed by atoms with Crippen molar-refractivity contribution >= 4 is 34.9 Å². The number of anilines is 1. The summed E-state index contributed by atoms with van der Waals surface area (Å²) in [5, 5.41) is 2.75. The minimum Gasteiger partial charge on any atom is -0.466 e. The van der Waals surface area contributed by atoms with Gasteiger partial charge in [0.25, 0.3) is 5.91 Å². The molecular formula is C12H11Cl2N3O2. The molecule has 0 fully saturated rings. The molecule has 2 aromatic rings. The summed E-state index contributed by atoms with van der Waals surface area (Å²) in [6.45, 7) is 5.35. The molecule has 0 aliphatic heterocycles. The number of amides is 1. The van der Waals surface area contributed by atoms with Crippen molar-refractivity contribution in [1.29, 1.82) is 0 Å². The quantitative estimate of drug-likeness (QED) is 0.680. The van der Waals surface area contributed by atoms with Crippen molar-refractivity contribution in [2.45, 2.75) is 20.8 Å². The van der Waals surface area contributed by atoms with E-state index in [-0.39, 0.29) is 22.2 Å². The van der Waals surface area contributed by atoms with Crippen LogP contribution in [0, 0.1) is 20.8 Å². The summed E-state index contributed by atoms with van der Waals surface area (Å²) >= 11 is 11.4. The molecule has 1 amide bonds. The zero-order valence-electron chi connectivity index (χ0n) is 10.5. The van der Waals surface area contributed by atoms with Gasteiger partial charge in [-0.25, -0.2) is 9.97 Å². The number of furan rings is 1. The lowest BCUT2D eigenvalue weighted by Gasteiger charge is -2.05. The molecule has 0 spiro atoms. The molecule has 0 aromatic carbocycles. The Hall–Kier alpha value is -1.59. The van der Waals surface area contributed by atoms with Gasteiger partial charge >= 0.3 is 0 Å². The van der Waals surface area contributed by atoms with E-state index in [1.807, 2.05) is 6.92 Å². The fourth-order valence-electron chi connectivity index (χ4n) is 1.76. The first-order valence-corrected chi connectivity index (χ1v) is 6.22. The first-order chi connectivity index (χ1) is 8.88. The van der Waals surface area contributed by atoms with Gasteiger partial charge in [-0.1, -0.05) is 11.6 Å². The van der Waals surface area contributed by atoms with Gasteiger partial charge in [-0.15, -0.1) is 0 Å². The highest BCUT2D eigenvalue weighted by molar-refractivity contribution is 6.32. The average Bonchev–Trinajstić information content (AvgIpc) is 2.51. The van der Waals surface area contributed by atoms with Crippen molar-refractivity contribution in [2.24, 2.45) is 0 Å². The van der Waals surface area contributed by atoms with E-state index in [4.69, 9.17) is 27.6 Å². The SMILES string of the molecule is Cc1oc(C)c(C(=O)Nc2cc(Cl)nc(Cl)n2)c1C. The minimum absolute atomic E-state index is 0.0281. The number of aromatic nitrogens is 2. The Morgan fingerprint density at radius 1 is 1.21 bits per heavy atom. The third kappa shape index (κ3) is 2.88. The number of carbonyl (C=O) groups is 1. The van der Waals surface area contributed by atoms with Crippen molar-refractivity contribution in [1.82, 2.24) is 9.97 Å². The Morgan fingerprint density at radius 2 is 1.89 bits per heavy atom. The van der Waals surface area contributed by atoms with Crippen LogP contribution >= 0.6 is 23.2 Å². The van der Waals surface area contributed by atoms with Crippen molar-refractivity contribution in [2.75, 3.05) is 5.32 Å². The molecule has 0 radical (unpaired) electrons. The summed E-state index contributed by atoms with van der Waals surface area (Å²) in [5.74, 6) is 1.19. The highest BCUT2D eigenvalue weighted by Crippen LogP contribution is 2.22. The first-order valence-electron chi connectivity index (χ1n) is 5.46. The third-order valence-corrected chi connectivity index (χ3v) is 3.06. The summed E-state index contributed by atoms with van der Waals surface area (Å²) in [6.07, 6.45) is 0. The molecule has 0 unspecified atom stereocenters. The molecule has 2 heterocycles. The van der Waals surface area contributed by atoms with Gasteiger partial charge < -0.3 is 9.73 Å². The molecule has 1 N–H and O–H groups in total. The predicted octanol–water partition coefficient (Wildman–Crippen LogP) is 3.55. The standard InChI is InChI=1S/C12H11Cl2N3O2/c1-5-6(2)19-7(3)10(5)11(18)16-9-4-8(13)15-12(14)17-9/h4H,1-3H3,(H,15,16,17,18). The smallest absolute Gasteiger partial charge is 0.260 e. The Balaban J connectivity index is 2.30. The predicted molar refractivity (Wildman–Crippen MR) is 72.9 cm³/mol. The van der Waals surface area contributed by atoms with Crippen LogP contribution in [0.4, 0.5) is 5.82 Å². The lowest BCUT2D eigenvalue weighted by Crippen LogP contribution is -2.14. The monoisotopic (exact) mass is 299 g/mol. The molecule has 0 saturated carbocycles. The van der Waals surface area contributed by atoms with Crippen molar-refractivity contribution in [3.05, 3.63) is 39.2 Å². The van der Waals surface area contributed by atoms with Gasteiger partial charge in [0.1, 0.15) is 22.5 Å². The van der Waals surface area contributed by atoms with Crippen molar-refractivity contribution < 1.29 is 9.21 Å². The maximum Gasteiger partial charge on any atom is 0.260 e. The lowest BCUT2D eigenvalue weighted by atomic mass is 10.1. The fraction of sp³-hybridized carbons (Fsp3) is 0.250.